The van der Waals surface area contributed by atoms with Crippen molar-refractivity contribution in [1.82, 2.24) is 0 Å². The number of ether oxygens (including phenoxy) is 1. The van der Waals surface area contributed by atoms with Gasteiger partial charge in [0.2, 0.25) is 0 Å². The van der Waals surface area contributed by atoms with Crippen molar-refractivity contribution in [3.63, 3.8) is 0 Å². The molecule has 1 saturated carbocycles. The molecule has 0 radical (unpaired) electrons. The molecule has 0 spiro atoms. The summed E-state index contributed by atoms with van der Waals surface area (Å²) in [5.74, 6) is 2.23. The predicted octanol–water partition coefficient (Wildman–Crippen LogP) is 4.35. The minimum absolute atomic E-state index is 0.301. The van der Waals surface area contributed by atoms with Gasteiger partial charge in [0.15, 0.2) is 0 Å². The van der Waals surface area contributed by atoms with Crippen LogP contribution in [0.1, 0.15) is 51.5 Å². The minimum atomic E-state index is -0.792. The van der Waals surface area contributed by atoms with E-state index in [4.69, 9.17) is 4.74 Å². The quantitative estimate of drug-likeness (QED) is 0.859. The molecule has 4 atom stereocenters. The SMILES string of the molecule is CC1CCC(Nc2cccc(CS(=O)C3CCOCC3)c2)C(C)C1. The molecule has 1 aromatic rings. The van der Waals surface area contributed by atoms with Crippen LogP contribution in [0.15, 0.2) is 24.3 Å². The Morgan fingerprint density at radius 1 is 1.17 bits per heavy atom. The third-order valence-corrected chi connectivity index (χ3v) is 7.39. The van der Waals surface area contributed by atoms with Gasteiger partial charge in [-0.2, -0.15) is 0 Å². The zero-order chi connectivity index (χ0) is 16.9. The molecule has 2 aliphatic rings. The standard InChI is InChI=1S/C20H31NO2S/c1-15-6-7-20(16(2)12-15)21-18-5-3-4-17(13-18)14-24(22)19-8-10-23-11-9-19/h3-5,13,15-16,19-21H,6-12,14H2,1-2H3. The maximum atomic E-state index is 12.6. The second kappa shape index (κ2) is 8.48. The number of hydrogen-bond acceptors (Lipinski definition) is 3. The van der Waals surface area contributed by atoms with Crippen LogP contribution in [0, 0.1) is 11.8 Å². The van der Waals surface area contributed by atoms with Crippen LogP contribution in [0.4, 0.5) is 5.69 Å². The lowest BCUT2D eigenvalue weighted by atomic mass is 9.80. The van der Waals surface area contributed by atoms with Gasteiger partial charge in [0.1, 0.15) is 0 Å². The highest BCUT2D eigenvalue weighted by atomic mass is 32.2. The largest absolute Gasteiger partial charge is 0.382 e. The first-order valence-electron chi connectivity index (χ1n) is 9.42. The summed E-state index contributed by atoms with van der Waals surface area (Å²) in [5.41, 5.74) is 2.37. The Balaban J connectivity index is 1.58. The Hall–Kier alpha value is -0.870. The molecule has 4 unspecified atom stereocenters. The van der Waals surface area contributed by atoms with E-state index < -0.39 is 10.8 Å². The summed E-state index contributed by atoms with van der Waals surface area (Å²) in [7, 11) is -0.792. The Bertz CT molecular complexity index is 556. The molecule has 0 bridgehead atoms. The van der Waals surface area contributed by atoms with Crippen molar-refractivity contribution in [2.45, 2.75) is 63.0 Å². The van der Waals surface area contributed by atoms with E-state index in [0.29, 0.717) is 23.0 Å². The fourth-order valence-corrected chi connectivity index (χ4v) is 5.53. The van der Waals surface area contributed by atoms with Gasteiger partial charge in [-0.05, 0) is 61.6 Å². The average molecular weight is 350 g/mol. The van der Waals surface area contributed by atoms with Crippen LogP contribution in [0.25, 0.3) is 0 Å². The highest BCUT2D eigenvalue weighted by Crippen LogP contribution is 2.31. The molecule has 2 fully saturated rings. The molecule has 4 heteroatoms. The number of hydrogen-bond donors (Lipinski definition) is 1. The second-order valence-corrected chi connectivity index (χ2v) is 9.40. The van der Waals surface area contributed by atoms with Crippen molar-refractivity contribution in [3.8, 4) is 0 Å². The van der Waals surface area contributed by atoms with E-state index in [9.17, 15) is 4.21 Å². The van der Waals surface area contributed by atoms with Crippen molar-refractivity contribution in [2.24, 2.45) is 11.8 Å². The van der Waals surface area contributed by atoms with E-state index in [1.54, 1.807) is 0 Å². The molecule has 3 rings (SSSR count). The van der Waals surface area contributed by atoms with Crippen LogP contribution in [-0.4, -0.2) is 28.7 Å². The Morgan fingerprint density at radius 3 is 2.71 bits per heavy atom. The van der Waals surface area contributed by atoms with Gasteiger partial charge in [-0.1, -0.05) is 26.0 Å². The second-order valence-electron chi connectivity index (χ2n) is 7.68. The first-order chi connectivity index (χ1) is 11.6. The van der Waals surface area contributed by atoms with Gasteiger partial charge in [-0.25, -0.2) is 0 Å². The molecule has 0 aromatic heterocycles. The molecule has 1 N–H and O–H groups in total. The van der Waals surface area contributed by atoms with E-state index in [-0.39, 0.29) is 0 Å². The smallest absolute Gasteiger partial charge is 0.0489 e. The molecule has 134 valence electrons. The zero-order valence-corrected chi connectivity index (χ0v) is 15.8. The fourth-order valence-electron chi connectivity index (χ4n) is 4.07. The highest BCUT2D eigenvalue weighted by Gasteiger charge is 2.25. The van der Waals surface area contributed by atoms with E-state index >= 15 is 0 Å². The Morgan fingerprint density at radius 2 is 1.96 bits per heavy atom. The van der Waals surface area contributed by atoms with Crippen LogP contribution in [0.5, 0.6) is 0 Å². The lowest BCUT2D eigenvalue weighted by Crippen LogP contribution is -2.33. The molecule has 1 aliphatic carbocycles. The van der Waals surface area contributed by atoms with E-state index in [0.717, 1.165) is 32.0 Å². The first kappa shape index (κ1) is 17.9. The Kier molecular flexibility index (Phi) is 6.34. The monoisotopic (exact) mass is 349 g/mol. The van der Waals surface area contributed by atoms with Crippen molar-refractivity contribution in [2.75, 3.05) is 18.5 Å². The third kappa shape index (κ3) is 4.82. The molecule has 1 aromatic carbocycles. The molecular formula is C20H31NO2S. The average Bonchev–Trinajstić information content (AvgIpc) is 2.58. The molecule has 3 nitrogen and oxygen atoms in total. The van der Waals surface area contributed by atoms with Crippen LogP contribution in [0.3, 0.4) is 0 Å². The number of anilines is 1. The summed E-state index contributed by atoms with van der Waals surface area (Å²) in [6.45, 7) is 6.24. The summed E-state index contributed by atoms with van der Waals surface area (Å²) in [6.07, 6.45) is 5.74. The van der Waals surface area contributed by atoms with Crippen LogP contribution in [0.2, 0.25) is 0 Å². The minimum Gasteiger partial charge on any atom is -0.382 e. The van der Waals surface area contributed by atoms with Gasteiger partial charge in [0, 0.05) is 46.7 Å². The maximum Gasteiger partial charge on any atom is 0.0489 e. The normalized spacial score (nSPS) is 30.0. The molecule has 1 aliphatic heterocycles. The van der Waals surface area contributed by atoms with Gasteiger partial charge in [-0.3, -0.25) is 4.21 Å². The summed E-state index contributed by atoms with van der Waals surface area (Å²) in [5, 5.41) is 4.03. The van der Waals surface area contributed by atoms with E-state index in [2.05, 4.69) is 43.4 Å². The zero-order valence-electron chi connectivity index (χ0n) is 15.0. The number of benzene rings is 1. The van der Waals surface area contributed by atoms with Crippen LogP contribution >= 0.6 is 0 Å². The lowest BCUT2D eigenvalue weighted by Gasteiger charge is -2.34. The van der Waals surface area contributed by atoms with E-state index in [1.807, 2.05) is 0 Å². The molecular weight excluding hydrogens is 318 g/mol. The number of rotatable bonds is 5. The van der Waals surface area contributed by atoms with Crippen LogP contribution < -0.4 is 5.32 Å². The summed E-state index contributed by atoms with van der Waals surface area (Å²) >= 11 is 0. The third-order valence-electron chi connectivity index (χ3n) is 5.56. The van der Waals surface area contributed by atoms with E-state index in [1.165, 1.54) is 30.5 Å². The Labute approximate surface area is 149 Å². The highest BCUT2D eigenvalue weighted by molar-refractivity contribution is 7.84. The van der Waals surface area contributed by atoms with Crippen LogP contribution in [-0.2, 0) is 21.3 Å². The summed E-state index contributed by atoms with van der Waals surface area (Å²) < 4.78 is 18.0. The molecule has 0 amide bonds. The van der Waals surface area contributed by atoms with Gasteiger partial charge in [0.25, 0.3) is 0 Å². The molecule has 1 saturated heterocycles. The number of nitrogens with one attached hydrogen (secondary N) is 1. The van der Waals surface area contributed by atoms with Gasteiger partial charge >= 0.3 is 0 Å². The van der Waals surface area contributed by atoms with Crippen molar-refractivity contribution < 1.29 is 8.95 Å². The van der Waals surface area contributed by atoms with Gasteiger partial charge < -0.3 is 10.1 Å². The first-order valence-corrected chi connectivity index (χ1v) is 10.8. The van der Waals surface area contributed by atoms with Crippen molar-refractivity contribution in [3.05, 3.63) is 29.8 Å². The van der Waals surface area contributed by atoms with Crippen molar-refractivity contribution >= 4 is 16.5 Å². The summed E-state index contributed by atoms with van der Waals surface area (Å²) in [6, 6.07) is 9.11. The van der Waals surface area contributed by atoms with Gasteiger partial charge in [-0.15, -0.1) is 0 Å². The molecule has 24 heavy (non-hydrogen) atoms. The topological polar surface area (TPSA) is 38.3 Å². The lowest BCUT2D eigenvalue weighted by molar-refractivity contribution is 0.0992. The predicted molar refractivity (Wildman–Crippen MR) is 102 cm³/mol. The maximum absolute atomic E-state index is 12.6. The molecule has 1 heterocycles. The summed E-state index contributed by atoms with van der Waals surface area (Å²) in [4.78, 5) is 0. The van der Waals surface area contributed by atoms with Crippen molar-refractivity contribution in [1.29, 1.82) is 0 Å². The fraction of sp³-hybridized carbons (Fsp3) is 0.700. The van der Waals surface area contributed by atoms with Gasteiger partial charge in [0.05, 0.1) is 0 Å².